The zero-order chi connectivity index (χ0) is 36.4. The van der Waals surface area contributed by atoms with Crippen molar-refractivity contribution in [3.05, 3.63) is 205 Å². The summed E-state index contributed by atoms with van der Waals surface area (Å²) in [4.78, 5) is 15.8. The predicted molar refractivity (Wildman–Crippen MR) is 224 cm³/mol. The Hall–Kier alpha value is -6.85. The third kappa shape index (κ3) is 6.64. The topological polar surface area (TPSA) is 46.3 Å². The van der Waals surface area contributed by atoms with E-state index in [0.29, 0.717) is 5.92 Å². The molecule has 0 unspecified atom stereocenters. The van der Waals surface area contributed by atoms with Crippen LogP contribution < -0.4 is 4.90 Å². The van der Waals surface area contributed by atoms with Crippen molar-refractivity contribution in [2.45, 2.75) is 26.2 Å². The molecule has 1 aliphatic carbocycles. The average Bonchev–Trinajstić information content (AvgIpc) is 3.68. The highest BCUT2D eigenvalue weighted by atomic mass is 15.1. The Kier molecular flexibility index (Phi) is 8.73. The third-order valence-corrected chi connectivity index (χ3v) is 10.5. The molecular formula is C49H39N5. The van der Waals surface area contributed by atoms with E-state index >= 15 is 0 Å². The van der Waals surface area contributed by atoms with E-state index in [0.717, 1.165) is 45.8 Å². The maximum Gasteiger partial charge on any atom is 0.137 e. The highest BCUT2D eigenvalue weighted by Crippen LogP contribution is 2.35. The van der Waals surface area contributed by atoms with E-state index < -0.39 is 0 Å². The molecule has 1 atom stereocenters. The van der Waals surface area contributed by atoms with Crippen molar-refractivity contribution >= 4 is 38.5 Å². The van der Waals surface area contributed by atoms with Crippen LogP contribution in [0.15, 0.2) is 194 Å². The maximum absolute atomic E-state index is 4.80. The molecule has 1 aliphatic rings. The molecule has 0 spiro atoms. The van der Waals surface area contributed by atoms with Gasteiger partial charge >= 0.3 is 0 Å². The summed E-state index contributed by atoms with van der Waals surface area (Å²) in [6.07, 6.45) is 24.0. The van der Waals surface area contributed by atoms with Gasteiger partial charge in [0.15, 0.2) is 0 Å². The summed E-state index contributed by atoms with van der Waals surface area (Å²) in [5.41, 5.74) is 12.5. The molecule has 4 aromatic heterocycles. The number of hydrogen-bond donors (Lipinski definition) is 0. The summed E-state index contributed by atoms with van der Waals surface area (Å²) in [5, 5.41) is 4.73. The Balaban J connectivity index is 1.01. The fraction of sp³-hybridized carbons (Fsp3) is 0.0816. The van der Waals surface area contributed by atoms with Crippen LogP contribution in [0.3, 0.4) is 0 Å². The lowest BCUT2D eigenvalue weighted by Crippen LogP contribution is -2.20. The summed E-state index contributed by atoms with van der Waals surface area (Å²) in [5.74, 6) is 0.305. The van der Waals surface area contributed by atoms with Gasteiger partial charge in [-0.15, -0.1) is 0 Å². The van der Waals surface area contributed by atoms with Crippen LogP contribution in [0.4, 0.5) is 5.69 Å². The molecule has 4 heterocycles. The second-order valence-corrected chi connectivity index (χ2v) is 14.0. The van der Waals surface area contributed by atoms with Crippen LogP contribution in [-0.2, 0) is 0 Å². The summed E-state index contributed by atoms with van der Waals surface area (Å²) in [6, 6.07) is 41.1. The van der Waals surface area contributed by atoms with Gasteiger partial charge in [-0.3, -0.25) is 9.97 Å². The first-order valence-corrected chi connectivity index (χ1v) is 18.4. The fourth-order valence-corrected chi connectivity index (χ4v) is 7.37. The SMILES string of the molecule is C/C(=C\C=C(/C)N(C1=CC[C@@H](c2ccc3ccncc3c2)C=C1)c1ccc(-c2ccc(-c3cn4ccccc4n3)cc2)cc1)c1ccc2ccncc2c1. The minimum Gasteiger partial charge on any atom is -0.315 e. The van der Waals surface area contributed by atoms with Gasteiger partial charge in [-0.25, -0.2) is 4.98 Å². The van der Waals surface area contributed by atoms with Crippen molar-refractivity contribution in [1.29, 1.82) is 0 Å². The van der Waals surface area contributed by atoms with Crippen LogP contribution >= 0.6 is 0 Å². The largest absolute Gasteiger partial charge is 0.315 e. The second-order valence-electron chi connectivity index (χ2n) is 14.0. The van der Waals surface area contributed by atoms with Gasteiger partial charge in [0, 0.05) is 76.5 Å². The minimum absolute atomic E-state index is 0.305. The number of benzene rings is 4. The van der Waals surface area contributed by atoms with Crippen molar-refractivity contribution in [1.82, 2.24) is 19.4 Å². The molecular weight excluding hydrogens is 659 g/mol. The molecule has 0 aliphatic heterocycles. The average molecular weight is 698 g/mol. The Bertz CT molecular complexity index is 2730. The monoisotopic (exact) mass is 697 g/mol. The van der Waals surface area contributed by atoms with E-state index in [1.54, 1.807) is 0 Å². The maximum atomic E-state index is 4.80. The van der Waals surface area contributed by atoms with E-state index in [1.165, 1.54) is 44.0 Å². The van der Waals surface area contributed by atoms with Crippen LogP contribution in [0.1, 0.15) is 37.3 Å². The van der Waals surface area contributed by atoms with Crippen molar-refractivity contribution in [3.8, 4) is 22.4 Å². The van der Waals surface area contributed by atoms with Crippen LogP contribution in [0.2, 0.25) is 0 Å². The lowest BCUT2D eigenvalue weighted by Gasteiger charge is -2.30. The fourth-order valence-electron chi connectivity index (χ4n) is 7.37. The summed E-state index contributed by atoms with van der Waals surface area (Å²) in [6.45, 7) is 4.36. The Labute approximate surface area is 315 Å². The number of pyridine rings is 3. The van der Waals surface area contributed by atoms with E-state index in [4.69, 9.17) is 4.98 Å². The Morgan fingerprint density at radius 2 is 1.41 bits per heavy atom. The highest BCUT2D eigenvalue weighted by molar-refractivity contribution is 5.86. The third-order valence-electron chi connectivity index (χ3n) is 10.5. The summed E-state index contributed by atoms with van der Waals surface area (Å²) in [7, 11) is 0. The number of imidazole rings is 1. The lowest BCUT2D eigenvalue weighted by atomic mass is 9.90. The van der Waals surface area contributed by atoms with Gasteiger partial charge in [0.2, 0.25) is 0 Å². The zero-order valence-corrected chi connectivity index (χ0v) is 30.3. The normalized spacial score (nSPS) is 14.9. The molecule has 0 radical (unpaired) electrons. The van der Waals surface area contributed by atoms with Crippen molar-refractivity contribution < 1.29 is 0 Å². The number of rotatable bonds is 8. The molecule has 0 bridgehead atoms. The van der Waals surface area contributed by atoms with E-state index in [2.05, 4.69) is 167 Å². The molecule has 260 valence electrons. The number of anilines is 1. The van der Waals surface area contributed by atoms with Crippen LogP contribution in [0, 0.1) is 0 Å². The quantitative estimate of drug-likeness (QED) is 0.148. The number of nitrogens with zero attached hydrogens (tertiary/aromatic N) is 5. The van der Waals surface area contributed by atoms with Gasteiger partial charge in [0.1, 0.15) is 5.65 Å². The molecule has 54 heavy (non-hydrogen) atoms. The molecule has 5 heteroatoms. The molecule has 4 aromatic carbocycles. The smallest absolute Gasteiger partial charge is 0.137 e. The minimum atomic E-state index is 0.305. The molecule has 0 saturated carbocycles. The van der Waals surface area contributed by atoms with Crippen LogP contribution in [0.25, 0.3) is 55.1 Å². The first kappa shape index (κ1) is 33.0. The van der Waals surface area contributed by atoms with Gasteiger partial charge in [-0.2, -0.15) is 0 Å². The molecule has 8 aromatic rings. The van der Waals surface area contributed by atoms with Crippen LogP contribution in [0.5, 0.6) is 0 Å². The van der Waals surface area contributed by atoms with E-state index in [-0.39, 0.29) is 0 Å². The number of aromatic nitrogens is 4. The molecule has 0 fully saturated rings. The predicted octanol–water partition coefficient (Wildman–Crippen LogP) is 12.2. The van der Waals surface area contributed by atoms with Crippen molar-refractivity contribution in [3.63, 3.8) is 0 Å². The standard InChI is InChI=1S/C49H39N5/c1-34(42-14-10-39-24-26-50-31-44(39)29-42)6-7-35(2)54(47-22-18-38(19-23-47)43-15-11-40-25-27-51-32-45(40)30-43)46-20-16-37(17-21-46)36-8-12-41(13-9-36)48-33-53-28-4-3-5-49(53)52-48/h3-18,20-33,38H,19H2,1-2H3/b34-6+,35-7+/t38-/m0/s1. The highest BCUT2D eigenvalue weighted by Gasteiger charge is 2.18. The summed E-state index contributed by atoms with van der Waals surface area (Å²) < 4.78 is 2.06. The lowest BCUT2D eigenvalue weighted by molar-refractivity contribution is 0.838. The molecule has 5 nitrogen and oxygen atoms in total. The second kappa shape index (κ2) is 14.3. The zero-order valence-electron chi connectivity index (χ0n) is 30.3. The number of fused-ring (bicyclic) bond motifs is 3. The first-order valence-electron chi connectivity index (χ1n) is 18.4. The van der Waals surface area contributed by atoms with Gasteiger partial charge in [0.25, 0.3) is 0 Å². The molecule has 0 saturated heterocycles. The van der Waals surface area contributed by atoms with E-state index in [9.17, 15) is 0 Å². The van der Waals surface area contributed by atoms with Crippen molar-refractivity contribution in [2.24, 2.45) is 0 Å². The van der Waals surface area contributed by atoms with Gasteiger partial charge in [-0.1, -0.05) is 85.0 Å². The number of hydrogen-bond acceptors (Lipinski definition) is 4. The van der Waals surface area contributed by atoms with Crippen LogP contribution in [-0.4, -0.2) is 19.4 Å². The Morgan fingerprint density at radius 1 is 0.704 bits per heavy atom. The first-order chi connectivity index (χ1) is 26.6. The Morgan fingerprint density at radius 3 is 2.13 bits per heavy atom. The summed E-state index contributed by atoms with van der Waals surface area (Å²) >= 11 is 0. The van der Waals surface area contributed by atoms with Gasteiger partial charge in [0.05, 0.1) is 5.69 Å². The van der Waals surface area contributed by atoms with Crippen molar-refractivity contribution in [2.75, 3.05) is 4.90 Å². The number of allylic oxidation sites excluding steroid dienone is 7. The van der Waals surface area contributed by atoms with E-state index in [1.807, 2.05) is 49.2 Å². The van der Waals surface area contributed by atoms with Gasteiger partial charge < -0.3 is 9.30 Å². The van der Waals surface area contributed by atoms with Gasteiger partial charge in [-0.05, 0) is 120 Å². The molecule has 0 N–H and O–H groups in total. The molecule has 9 rings (SSSR count). The molecule has 0 amide bonds.